The SMILES string of the molecule is CC(C)(C)OC(=O)NNC(=O)c1[nH]c2cc(-c3ccc(F)cc3)ccc2c1-c1ccc(O)cc1. The lowest BCUT2D eigenvalue weighted by molar-refractivity contribution is 0.0483. The number of aromatic amines is 1. The molecule has 0 bridgehead atoms. The number of carbonyl (C=O) groups is 2. The van der Waals surface area contributed by atoms with Crippen LogP contribution in [0.15, 0.2) is 66.7 Å². The summed E-state index contributed by atoms with van der Waals surface area (Å²) in [7, 11) is 0. The van der Waals surface area contributed by atoms with Crippen molar-refractivity contribution in [3.8, 4) is 28.0 Å². The number of nitrogens with one attached hydrogen (secondary N) is 3. The lowest BCUT2D eigenvalue weighted by Crippen LogP contribution is -2.44. The molecule has 4 aromatic rings. The molecule has 1 heterocycles. The van der Waals surface area contributed by atoms with Gasteiger partial charge >= 0.3 is 6.09 Å². The van der Waals surface area contributed by atoms with Gasteiger partial charge in [0.2, 0.25) is 0 Å². The predicted octanol–water partition coefficient (Wildman–Crippen LogP) is 5.52. The summed E-state index contributed by atoms with van der Waals surface area (Å²) >= 11 is 0. The quantitative estimate of drug-likeness (QED) is 0.302. The Labute approximate surface area is 195 Å². The average Bonchev–Trinajstić information content (AvgIpc) is 3.16. The van der Waals surface area contributed by atoms with Crippen LogP contribution in [-0.2, 0) is 4.74 Å². The van der Waals surface area contributed by atoms with E-state index in [0.717, 1.165) is 16.5 Å². The fourth-order valence-electron chi connectivity index (χ4n) is 3.59. The van der Waals surface area contributed by atoms with Crippen LogP contribution in [0.25, 0.3) is 33.2 Å². The number of phenols is 1. The molecule has 0 atom stereocenters. The van der Waals surface area contributed by atoms with E-state index in [4.69, 9.17) is 4.74 Å². The molecule has 8 heteroatoms. The molecule has 34 heavy (non-hydrogen) atoms. The molecule has 174 valence electrons. The minimum Gasteiger partial charge on any atom is -0.508 e. The van der Waals surface area contributed by atoms with Crippen LogP contribution in [0.5, 0.6) is 5.75 Å². The Bertz CT molecular complexity index is 1350. The number of H-pyrrole nitrogens is 1. The van der Waals surface area contributed by atoms with Crippen LogP contribution in [0.1, 0.15) is 31.3 Å². The summed E-state index contributed by atoms with van der Waals surface area (Å²) in [5, 5.41) is 10.5. The molecule has 0 spiro atoms. The third-order valence-corrected chi connectivity index (χ3v) is 5.04. The van der Waals surface area contributed by atoms with E-state index >= 15 is 0 Å². The van der Waals surface area contributed by atoms with Gasteiger partial charge in [-0.3, -0.25) is 10.2 Å². The van der Waals surface area contributed by atoms with E-state index in [-0.39, 0.29) is 17.3 Å². The number of aromatic hydroxyl groups is 1. The maximum Gasteiger partial charge on any atom is 0.426 e. The molecular formula is C26H24FN3O4. The third kappa shape index (κ3) is 5.01. The lowest BCUT2D eigenvalue weighted by Gasteiger charge is -2.19. The molecule has 0 aliphatic carbocycles. The van der Waals surface area contributed by atoms with E-state index < -0.39 is 17.6 Å². The van der Waals surface area contributed by atoms with Gasteiger partial charge in [0.1, 0.15) is 22.9 Å². The second-order valence-electron chi connectivity index (χ2n) is 8.77. The van der Waals surface area contributed by atoms with Crippen molar-refractivity contribution in [2.24, 2.45) is 0 Å². The smallest absolute Gasteiger partial charge is 0.426 e. The summed E-state index contributed by atoms with van der Waals surface area (Å²) in [6, 6.07) is 18.2. The van der Waals surface area contributed by atoms with Gasteiger partial charge < -0.3 is 14.8 Å². The first-order chi connectivity index (χ1) is 16.1. The van der Waals surface area contributed by atoms with Crippen LogP contribution in [0.2, 0.25) is 0 Å². The number of ether oxygens (including phenoxy) is 1. The van der Waals surface area contributed by atoms with Crippen molar-refractivity contribution >= 4 is 22.9 Å². The highest BCUT2D eigenvalue weighted by atomic mass is 19.1. The first kappa shape index (κ1) is 22.8. The number of rotatable bonds is 3. The number of amides is 2. The number of fused-ring (bicyclic) bond motifs is 1. The molecule has 4 N–H and O–H groups in total. The van der Waals surface area contributed by atoms with E-state index in [2.05, 4.69) is 15.8 Å². The Morgan fingerprint density at radius 2 is 1.50 bits per heavy atom. The van der Waals surface area contributed by atoms with Crippen LogP contribution in [0, 0.1) is 5.82 Å². The number of hydrazine groups is 1. The van der Waals surface area contributed by atoms with Gasteiger partial charge in [-0.2, -0.15) is 0 Å². The molecule has 7 nitrogen and oxygen atoms in total. The highest BCUT2D eigenvalue weighted by Gasteiger charge is 2.22. The van der Waals surface area contributed by atoms with Crippen LogP contribution in [0.4, 0.5) is 9.18 Å². The van der Waals surface area contributed by atoms with Crippen LogP contribution >= 0.6 is 0 Å². The number of halogens is 1. The van der Waals surface area contributed by atoms with Crippen LogP contribution in [0.3, 0.4) is 0 Å². The van der Waals surface area contributed by atoms with Gasteiger partial charge in [0.05, 0.1) is 0 Å². The Morgan fingerprint density at radius 1 is 0.882 bits per heavy atom. The number of phenolic OH excluding ortho intramolecular Hbond substituents is 1. The average molecular weight is 461 g/mol. The van der Waals surface area contributed by atoms with E-state index in [0.29, 0.717) is 16.6 Å². The molecular weight excluding hydrogens is 437 g/mol. The topological polar surface area (TPSA) is 103 Å². The number of aromatic nitrogens is 1. The molecule has 3 aromatic carbocycles. The van der Waals surface area contributed by atoms with Crippen molar-refractivity contribution in [2.45, 2.75) is 26.4 Å². The Morgan fingerprint density at radius 3 is 2.15 bits per heavy atom. The van der Waals surface area contributed by atoms with Gasteiger partial charge in [0, 0.05) is 16.5 Å². The van der Waals surface area contributed by atoms with Crippen molar-refractivity contribution in [1.82, 2.24) is 15.8 Å². The van der Waals surface area contributed by atoms with Crippen molar-refractivity contribution in [1.29, 1.82) is 0 Å². The molecule has 0 unspecified atom stereocenters. The minimum absolute atomic E-state index is 0.0970. The Hall–Kier alpha value is -4.33. The number of carbonyl (C=O) groups excluding carboxylic acids is 2. The number of hydrogen-bond donors (Lipinski definition) is 4. The molecule has 0 aliphatic rings. The van der Waals surface area contributed by atoms with Crippen molar-refractivity contribution in [3.63, 3.8) is 0 Å². The largest absolute Gasteiger partial charge is 0.508 e. The summed E-state index contributed by atoms with van der Waals surface area (Å²) < 4.78 is 18.5. The monoisotopic (exact) mass is 461 g/mol. The summed E-state index contributed by atoms with van der Waals surface area (Å²) in [4.78, 5) is 28.1. The van der Waals surface area contributed by atoms with E-state index in [1.807, 2.05) is 18.2 Å². The van der Waals surface area contributed by atoms with Gasteiger partial charge in [0.25, 0.3) is 5.91 Å². The van der Waals surface area contributed by atoms with Gasteiger partial charge in [0.15, 0.2) is 0 Å². The number of hydrogen-bond acceptors (Lipinski definition) is 4. The molecule has 0 aliphatic heterocycles. The van der Waals surface area contributed by atoms with E-state index in [1.54, 1.807) is 45.0 Å². The lowest BCUT2D eigenvalue weighted by atomic mass is 9.99. The maximum absolute atomic E-state index is 13.3. The van der Waals surface area contributed by atoms with Gasteiger partial charge in [-0.1, -0.05) is 36.4 Å². The molecule has 1 aromatic heterocycles. The summed E-state index contributed by atoms with van der Waals surface area (Å²) in [6.45, 7) is 5.15. The molecule has 0 saturated carbocycles. The third-order valence-electron chi connectivity index (χ3n) is 5.04. The second kappa shape index (κ2) is 8.90. The molecule has 4 rings (SSSR count). The first-order valence-corrected chi connectivity index (χ1v) is 10.6. The normalized spacial score (nSPS) is 11.3. The van der Waals surface area contributed by atoms with Crippen molar-refractivity contribution in [3.05, 3.63) is 78.2 Å². The van der Waals surface area contributed by atoms with Crippen molar-refractivity contribution in [2.75, 3.05) is 0 Å². The Kier molecular flexibility index (Phi) is 5.98. The predicted molar refractivity (Wildman–Crippen MR) is 128 cm³/mol. The fourth-order valence-corrected chi connectivity index (χ4v) is 3.59. The van der Waals surface area contributed by atoms with Crippen LogP contribution in [-0.4, -0.2) is 27.7 Å². The van der Waals surface area contributed by atoms with Gasteiger partial charge in [-0.25, -0.2) is 14.6 Å². The standard InChI is InChI=1S/C26H24FN3O4/c1-26(2,3)34-25(33)30-29-24(32)23-22(16-6-11-19(31)12-7-16)20-13-8-17(14-21(20)28-23)15-4-9-18(27)10-5-15/h4-14,28,31H,1-3H3,(H,29,32)(H,30,33). The zero-order valence-electron chi connectivity index (χ0n) is 18.9. The highest BCUT2D eigenvalue weighted by molar-refractivity contribution is 6.10. The van der Waals surface area contributed by atoms with Gasteiger partial charge in [-0.05, 0) is 67.8 Å². The molecule has 0 fully saturated rings. The van der Waals surface area contributed by atoms with Gasteiger partial charge in [-0.15, -0.1) is 0 Å². The summed E-state index contributed by atoms with van der Waals surface area (Å²) in [5.41, 5.74) is 7.75. The fraction of sp³-hybridized carbons (Fsp3) is 0.154. The first-order valence-electron chi connectivity index (χ1n) is 10.6. The Balaban J connectivity index is 1.73. The van der Waals surface area contributed by atoms with E-state index in [1.165, 1.54) is 24.3 Å². The zero-order valence-corrected chi connectivity index (χ0v) is 18.9. The maximum atomic E-state index is 13.3. The molecule has 0 radical (unpaired) electrons. The van der Waals surface area contributed by atoms with Crippen molar-refractivity contribution < 1.29 is 23.8 Å². The zero-order chi connectivity index (χ0) is 24.5. The van der Waals surface area contributed by atoms with E-state index in [9.17, 15) is 19.1 Å². The molecule has 0 saturated heterocycles. The summed E-state index contributed by atoms with van der Waals surface area (Å²) in [6.07, 6.45) is -0.790. The second-order valence-corrected chi connectivity index (χ2v) is 8.77. The highest BCUT2D eigenvalue weighted by Crippen LogP contribution is 2.35. The number of benzene rings is 3. The minimum atomic E-state index is -0.790. The molecule has 2 amide bonds. The van der Waals surface area contributed by atoms with Crippen LogP contribution < -0.4 is 10.9 Å². The summed E-state index contributed by atoms with van der Waals surface area (Å²) in [5.74, 6) is -0.802.